The molecule has 3 rings (SSSR count). The molecule has 8 nitrogen and oxygen atoms in total. The van der Waals surface area contributed by atoms with Gasteiger partial charge in [-0.25, -0.2) is 9.78 Å². The number of anilines is 2. The van der Waals surface area contributed by atoms with Crippen molar-refractivity contribution in [2.24, 2.45) is 0 Å². The largest absolute Gasteiger partial charge is 0.493 e. The number of para-hydroxylation sites is 1. The van der Waals surface area contributed by atoms with Gasteiger partial charge in [0.25, 0.3) is 0 Å². The van der Waals surface area contributed by atoms with Gasteiger partial charge in [0.1, 0.15) is 5.82 Å². The molecule has 0 amide bonds. The maximum atomic E-state index is 12.5. The molecular formula is C17H16N4O4. The second-order valence-electron chi connectivity index (χ2n) is 5.08. The van der Waals surface area contributed by atoms with Gasteiger partial charge in [0, 0.05) is 5.39 Å². The van der Waals surface area contributed by atoms with E-state index in [2.05, 4.69) is 9.97 Å². The molecule has 1 aromatic heterocycles. The van der Waals surface area contributed by atoms with Gasteiger partial charge in [0.15, 0.2) is 11.5 Å². The first-order valence-electron chi connectivity index (χ1n) is 7.29. The van der Waals surface area contributed by atoms with Gasteiger partial charge in [0.05, 0.1) is 25.3 Å². The SMILES string of the molecule is COc1cccc(OC)c1OC(=O)c1ccc2nc(N)nc(N)c2c1. The van der Waals surface area contributed by atoms with E-state index >= 15 is 0 Å². The molecule has 0 aliphatic carbocycles. The topological polar surface area (TPSA) is 123 Å². The molecule has 4 N–H and O–H groups in total. The molecule has 128 valence electrons. The molecular weight excluding hydrogens is 324 g/mol. The number of carbonyl (C=O) groups is 1. The summed E-state index contributed by atoms with van der Waals surface area (Å²) in [6, 6.07) is 9.81. The van der Waals surface area contributed by atoms with Crippen LogP contribution in [0.1, 0.15) is 10.4 Å². The Bertz CT molecular complexity index is 937. The first kappa shape index (κ1) is 16.3. The number of hydrogen-bond donors (Lipinski definition) is 2. The molecule has 0 saturated carbocycles. The monoisotopic (exact) mass is 340 g/mol. The zero-order chi connectivity index (χ0) is 18.0. The van der Waals surface area contributed by atoms with Gasteiger partial charge in [-0.05, 0) is 30.3 Å². The van der Waals surface area contributed by atoms with Crippen molar-refractivity contribution in [2.75, 3.05) is 25.7 Å². The third kappa shape index (κ3) is 3.09. The number of carbonyl (C=O) groups excluding carboxylic acids is 1. The Morgan fingerprint density at radius 1 is 1.00 bits per heavy atom. The van der Waals surface area contributed by atoms with Gasteiger partial charge in [-0.3, -0.25) is 0 Å². The number of ether oxygens (including phenoxy) is 3. The highest BCUT2D eigenvalue weighted by molar-refractivity contribution is 5.98. The summed E-state index contributed by atoms with van der Waals surface area (Å²) >= 11 is 0. The Balaban J connectivity index is 1.98. The summed E-state index contributed by atoms with van der Waals surface area (Å²) in [6.07, 6.45) is 0. The molecule has 0 fully saturated rings. The third-order valence-electron chi connectivity index (χ3n) is 3.56. The predicted molar refractivity (Wildman–Crippen MR) is 92.9 cm³/mol. The second-order valence-corrected chi connectivity index (χ2v) is 5.08. The number of hydrogen-bond acceptors (Lipinski definition) is 8. The van der Waals surface area contributed by atoms with Crippen LogP contribution in [0.3, 0.4) is 0 Å². The standard InChI is InChI=1S/C17H16N4O4/c1-23-12-4-3-5-13(24-2)14(12)25-16(22)9-6-7-11-10(8-9)15(18)21-17(19)20-11/h3-8H,1-2H3,(H4,18,19,20,21). The minimum atomic E-state index is -0.596. The van der Waals surface area contributed by atoms with Crippen LogP contribution in [-0.4, -0.2) is 30.2 Å². The summed E-state index contributed by atoms with van der Waals surface area (Å²) in [7, 11) is 2.95. The minimum Gasteiger partial charge on any atom is -0.493 e. The van der Waals surface area contributed by atoms with Crippen molar-refractivity contribution in [3.05, 3.63) is 42.0 Å². The zero-order valence-electron chi connectivity index (χ0n) is 13.6. The van der Waals surface area contributed by atoms with Crippen LogP contribution in [0.4, 0.5) is 11.8 Å². The summed E-state index contributed by atoms with van der Waals surface area (Å²) in [6.45, 7) is 0. The summed E-state index contributed by atoms with van der Waals surface area (Å²) in [4.78, 5) is 20.5. The van der Waals surface area contributed by atoms with E-state index in [4.69, 9.17) is 25.7 Å². The van der Waals surface area contributed by atoms with Crippen molar-refractivity contribution in [2.45, 2.75) is 0 Å². The van der Waals surface area contributed by atoms with Crippen LogP contribution < -0.4 is 25.7 Å². The van der Waals surface area contributed by atoms with Crippen molar-refractivity contribution in [3.63, 3.8) is 0 Å². The lowest BCUT2D eigenvalue weighted by Gasteiger charge is -2.13. The summed E-state index contributed by atoms with van der Waals surface area (Å²) < 4.78 is 15.9. The van der Waals surface area contributed by atoms with Crippen molar-refractivity contribution < 1.29 is 19.0 Å². The van der Waals surface area contributed by atoms with Crippen LogP contribution in [0, 0.1) is 0 Å². The Kier molecular flexibility index (Phi) is 4.25. The van der Waals surface area contributed by atoms with Crippen LogP contribution in [-0.2, 0) is 0 Å². The zero-order valence-corrected chi connectivity index (χ0v) is 13.6. The Morgan fingerprint density at radius 3 is 2.32 bits per heavy atom. The van der Waals surface area contributed by atoms with Crippen LogP contribution >= 0.6 is 0 Å². The molecule has 0 bridgehead atoms. The highest BCUT2D eigenvalue weighted by Gasteiger charge is 2.18. The highest BCUT2D eigenvalue weighted by atomic mass is 16.6. The first-order chi connectivity index (χ1) is 12.0. The normalized spacial score (nSPS) is 10.5. The van der Waals surface area contributed by atoms with Gasteiger partial charge in [-0.1, -0.05) is 6.07 Å². The van der Waals surface area contributed by atoms with Crippen LogP contribution in [0.25, 0.3) is 10.9 Å². The number of nitrogen functional groups attached to an aromatic ring is 2. The fourth-order valence-corrected chi connectivity index (χ4v) is 2.37. The van der Waals surface area contributed by atoms with E-state index in [9.17, 15) is 4.79 Å². The number of methoxy groups -OCH3 is 2. The fraction of sp³-hybridized carbons (Fsp3) is 0.118. The van der Waals surface area contributed by atoms with Crippen molar-refractivity contribution >= 4 is 28.6 Å². The molecule has 3 aromatic rings. The summed E-state index contributed by atoms with van der Waals surface area (Å²) in [5, 5.41) is 0.510. The van der Waals surface area contributed by atoms with Crippen LogP contribution in [0.2, 0.25) is 0 Å². The molecule has 0 aliphatic rings. The number of benzene rings is 2. The molecule has 8 heteroatoms. The maximum absolute atomic E-state index is 12.5. The molecule has 0 aliphatic heterocycles. The third-order valence-corrected chi connectivity index (χ3v) is 3.56. The average molecular weight is 340 g/mol. The number of esters is 1. The molecule has 0 radical (unpaired) electrons. The lowest BCUT2D eigenvalue weighted by Crippen LogP contribution is -2.10. The van der Waals surface area contributed by atoms with Gasteiger partial charge in [0.2, 0.25) is 11.7 Å². The minimum absolute atomic E-state index is 0.0686. The second kappa shape index (κ2) is 6.52. The van der Waals surface area contributed by atoms with E-state index in [1.54, 1.807) is 36.4 Å². The Hall–Kier alpha value is -3.55. The molecule has 2 aromatic carbocycles. The van der Waals surface area contributed by atoms with E-state index in [1.165, 1.54) is 14.2 Å². The summed E-state index contributed by atoms with van der Waals surface area (Å²) in [5.41, 5.74) is 12.2. The van der Waals surface area contributed by atoms with Gasteiger partial charge >= 0.3 is 5.97 Å². The summed E-state index contributed by atoms with van der Waals surface area (Å²) in [5.74, 6) is 0.611. The quantitative estimate of drug-likeness (QED) is 0.546. The van der Waals surface area contributed by atoms with E-state index < -0.39 is 5.97 Å². The van der Waals surface area contributed by atoms with E-state index in [1.807, 2.05) is 0 Å². The highest BCUT2D eigenvalue weighted by Crippen LogP contribution is 2.37. The lowest BCUT2D eigenvalue weighted by atomic mass is 10.1. The smallest absolute Gasteiger partial charge is 0.343 e. The van der Waals surface area contributed by atoms with E-state index in [-0.39, 0.29) is 23.1 Å². The van der Waals surface area contributed by atoms with Crippen molar-refractivity contribution in [1.29, 1.82) is 0 Å². The van der Waals surface area contributed by atoms with Gasteiger partial charge < -0.3 is 25.7 Å². The lowest BCUT2D eigenvalue weighted by molar-refractivity contribution is 0.0724. The van der Waals surface area contributed by atoms with E-state index in [0.29, 0.717) is 22.4 Å². The van der Waals surface area contributed by atoms with Gasteiger partial charge in [-0.2, -0.15) is 4.98 Å². The number of nitrogens with zero attached hydrogens (tertiary/aromatic N) is 2. The average Bonchev–Trinajstić information content (AvgIpc) is 2.61. The molecule has 1 heterocycles. The fourth-order valence-electron chi connectivity index (χ4n) is 2.37. The first-order valence-corrected chi connectivity index (χ1v) is 7.29. The number of rotatable bonds is 4. The Labute approximate surface area is 143 Å². The molecule has 25 heavy (non-hydrogen) atoms. The Morgan fingerprint density at radius 2 is 1.68 bits per heavy atom. The number of nitrogens with two attached hydrogens (primary N) is 2. The molecule has 0 saturated heterocycles. The van der Waals surface area contributed by atoms with Gasteiger partial charge in [-0.15, -0.1) is 0 Å². The molecule has 0 atom stereocenters. The predicted octanol–water partition coefficient (Wildman–Crippen LogP) is 2.03. The number of aromatic nitrogens is 2. The van der Waals surface area contributed by atoms with E-state index in [0.717, 1.165) is 0 Å². The van der Waals surface area contributed by atoms with Crippen LogP contribution in [0.15, 0.2) is 36.4 Å². The van der Waals surface area contributed by atoms with Crippen molar-refractivity contribution in [3.8, 4) is 17.2 Å². The maximum Gasteiger partial charge on any atom is 0.343 e. The number of fused-ring (bicyclic) bond motifs is 1. The molecule has 0 unspecified atom stereocenters. The molecule has 0 spiro atoms. The van der Waals surface area contributed by atoms with Crippen LogP contribution in [0.5, 0.6) is 17.2 Å². The van der Waals surface area contributed by atoms with Crippen molar-refractivity contribution in [1.82, 2.24) is 9.97 Å².